The normalized spacial score (nSPS) is 10.8. The van der Waals surface area contributed by atoms with Gasteiger partial charge in [0, 0.05) is 6.54 Å². The Labute approximate surface area is 160 Å². The van der Waals surface area contributed by atoms with Gasteiger partial charge < -0.3 is 10.1 Å². The third kappa shape index (κ3) is 4.55. The topological polar surface area (TPSA) is 21.3 Å². The molecular weight excluding hydrogens is 330 g/mol. The molecule has 0 heterocycles. The van der Waals surface area contributed by atoms with Crippen molar-refractivity contribution >= 4 is 10.8 Å². The lowest BCUT2D eigenvalue weighted by atomic mass is 10.0. The third-order valence-corrected chi connectivity index (χ3v) is 4.66. The lowest BCUT2D eigenvalue weighted by Gasteiger charge is -2.10. The Hall–Kier alpha value is -3.10. The monoisotopic (exact) mass is 353 g/mol. The number of benzene rings is 4. The van der Waals surface area contributed by atoms with Gasteiger partial charge in [0.2, 0.25) is 0 Å². The summed E-state index contributed by atoms with van der Waals surface area (Å²) < 4.78 is 5.92. The number of ether oxygens (including phenoxy) is 1. The molecule has 0 spiro atoms. The molecule has 4 rings (SSSR count). The lowest BCUT2D eigenvalue weighted by Crippen LogP contribution is -2.16. The SMILES string of the molecule is c1ccc(Oc2cccc(CNCCc3cccc4ccccc34)c2)cc1. The molecule has 0 saturated carbocycles. The van der Waals surface area contributed by atoms with Crippen LogP contribution in [0.15, 0.2) is 97.1 Å². The number of nitrogens with one attached hydrogen (secondary N) is 1. The van der Waals surface area contributed by atoms with Crippen LogP contribution >= 0.6 is 0 Å². The molecule has 2 nitrogen and oxygen atoms in total. The third-order valence-electron chi connectivity index (χ3n) is 4.66. The average Bonchev–Trinajstić information content (AvgIpc) is 2.72. The molecule has 1 N–H and O–H groups in total. The Morgan fingerprint density at radius 1 is 0.667 bits per heavy atom. The molecule has 0 atom stereocenters. The first-order valence-electron chi connectivity index (χ1n) is 9.38. The Balaban J connectivity index is 1.33. The van der Waals surface area contributed by atoms with Crippen LogP contribution in [0.5, 0.6) is 11.5 Å². The van der Waals surface area contributed by atoms with Crippen molar-refractivity contribution < 1.29 is 4.74 Å². The molecule has 134 valence electrons. The fraction of sp³-hybridized carbons (Fsp3) is 0.120. The van der Waals surface area contributed by atoms with Gasteiger partial charge in [-0.25, -0.2) is 0 Å². The molecule has 0 bridgehead atoms. The minimum atomic E-state index is 0.830. The number of fused-ring (bicyclic) bond motifs is 1. The first-order valence-corrected chi connectivity index (χ1v) is 9.38. The molecule has 2 heteroatoms. The molecule has 0 amide bonds. The van der Waals surface area contributed by atoms with Gasteiger partial charge in [-0.1, -0.05) is 72.8 Å². The molecule has 0 unspecified atom stereocenters. The van der Waals surface area contributed by atoms with Crippen LogP contribution in [0.25, 0.3) is 10.8 Å². The zero-order valence-electron chi connectivity index (χ0n) is 15.3. The van der Waals surface area contributed by atoms with Crippen LogP contribution in [0.2, 0.25) is 0 Å². The molecule has 4 aromatic carbocycles. The maximum Gasteiger partial charge on any atom is 0.127 e. The fourth-order valence-electron chi connectivity index (χ4n) is 3.31. The smallest absolute Gasteiger partial charge is 0.127 e. The van der Waals surface area contributed by atoms with E-state index in [2.05, 4.69) is 59.9 Å². The van der Waals surface area contributed by atoms with Gasteiger partial charge in [-0.15, -0.1) is 0 Å². The summed E-state index contributed by atoms with van der Waals surface area (Å²) in [6, 6.07) is 33.2. The Morgan fingerprint density at radius 2 is 1.41 bits per heavy atom. The van der Waals surface area contributed by atoms with Gasteiger partial charge in [-0.3, -0.25) is 0 Å². The molecule has 0 aromatic heterocycles. The van der Waals surface area contributed by atoms with Crippen molar-refractivity contribution in [1.82, 2.24) is 5.32 Å². The van der Waals surface area contributed by atoms with Gasteiger partial charge in [0.25, 0.3) is 0 Å². The van der Waals surface area contributed by atoms with Crippen LogP contribution in [-0.4, -0.2) is 6.54 Å². The van der Waals surface area contributed by atoms with E-state index in [0.29, 0.717) is 0 Å². The second kappa shape index (κ2) is 8.52. The second-order valence-electron chi connectivity index (χ2n) is 6.63. The number of rotatable bonds is 7. The van der Waals surface area contributed by atoms with Crippen LogP contribution in [0, 0.1) is 0 Å². The van der Waals surface area contributed by atoms with Gasteiger partial charge in [-0.05, 0) is 59.1 Å². The average molecular weight is 353 g/mol. The van der Waals surface area contributed by atoms with Crippen LogP contribution in [0.3, 0.4) is 0 Å². The summed E-state index contributed by atoms with van der Waals surface area (Å²) in [6.07, 6.45) is 1.02. The van der Waals surface area contributed by atoms with Crippen molar-refractivity contribution in [3.8, 4) is 11.5 Å². The maximum atomic E-state index is 5.92. The summed E-state index contributed by atoms with van der Waals surface area (Å²) in [5.41, 5.74) is 2.61. The number of para-hydroxylation sites is 1. The zero-order chi connectivity index (χ0) is 18.3. The highest BCUT2D eigenvalue weighted by Gasteiger charge is 2.01. The highest BCUT2D eigenvalue weighted by atomic mass is 16.5. The van der Waals surface area contributed by atoms with Crippen LogP contribution < -0.4 is 10.1 Å². The Bertz CT molecular complexity index is 1010. The van der Waals surface area contributed by atoms with E-state index in [1.807, 2.05) is 42.5 Å². The molecule has 27 heavy (non-hydrogen) atoms. The number of hydrogen-bond acceptors (Lipinski definition) is 2. The van der Waals surface area contributed by atoms with Gasteiger partial charge >= 0.3 is 0 Å². The summed E-state index contributed by atoms with van der Waals surface area (Å²) in [5.74, 6) is 1.73. The predicted octanol–water partition coefficient (Wildman–Crippen LogP) is 5.96. The van der Waals surface area contributed by atoms with E-state index >= 15 is 0 Å². The van der Waals surface area contributed by atoms with Crippen molar-refractivity contribution in [2.24, 2.45) is 0 Å². The van der Waals surface area contributed by atoms with Crippen molar-refractivity contribution in [1.29, 1.82) is 0 Å². The van der Waals surface area contributed by atoms with Gasteiger partial charge in [0.1, 0.15) is 11.5 Å². The first-order chi connectivity index (χ1) is 13.4. The molecule has 0 radical (unpaired) electrons. The zero-order valence-corrected chi connectivity index (χ0v) is 15.3. The molecule has 4 aromatic rings. The highest BCUT2D eigenvalue weighted by Crippen LogP contribution is 2.22. The Morgan fingerprint density at radius 3 is 2.33 bits per heavy atom. The van der Waals surface area contributed by atoms with Crippen molar-refractivity contribution in [2.45, 2.75) is 13.0 Å². The largest absolute Gasteiger partial charge is 0.457 e. The highest BCUT2D eigenvalue weighted by molar-refractivity contribution is 5.85. The lowest BCUT2D eigenvalue weighted by molar-refractivity contribution is 0.481. The summed E-state index contributed by atoms with van der Waals surface area (Å²) in [4.78, 5) is 0. The molecule has 0 saturated heterocycles. The second-order valence-corrected chi connectivity index (χ2v) is 6.63. The first kappa shape index (κ1) is 17.3. The van der Waals surface area contributed by atoms with E-state index in [4.69, 9.17) is 4.74 Å². The summed E-state index contributed by atoms with van der Waals surface area (Å²) in [7, 11) is 0. The molecule has 0 fully saturated rings. The van der Waals surface area contributed by atoms with E-state index < -0.39 is 0 Å². The van der Waals surface area contributed by atoms with Gasteiger partial charge in [0.05, 0.1) is 0 Å². The summed E-state index contributed by atoms with van der Waals surface area (Å²) >= 11 is 0. The van der Waals surface area contributed by atoms with Crippen LogP contribution in [0.4, 0.5) is 0 Å². The van der Waals surface area contributed by atoms with E-state index in [1.54, 1.807) is 0 Å². The summed E-state index contributed by atoms with van der Waals surface area (Å²) in [5, 5.41) is 6.20. The quantitative estimate of drug-likeness (QED) is 0.414. The summed E-state index contributed by atoms with van der Waals surface area (Å²) in [6.45, 7) is 1.77. The van der Waals surface area contributed by atoms with E-state index in [1.165, 1.54) is 21.9 Å². The Kier molecular flexibility index (Phi) is 5.47. The van der Waals surface area contributed by atoms with E-state index in [9.17, 15) is 0 Å². The van der Waals surface area contributed by atoms with Gasteiger partial charge in [-0.2, -0.15) is 0 Å². The van der Waals surface area contributed by atoms with Crippen LogP contribution in [-0.2, 0) is 13.0 Å². The van der Waals surface area contributed by atoms with E-state index in [-0.39, 0.29) is 0 Å². The molecule has 0 aliphatic rings. The van der Waals surface area contributed by atoms with E-state index in [0.717, 1.165) is 31.0 Å². The molecular formula is C25H23NO. The predicted molar refractivity (Wildman–Crippen MR) is 112 cm³/mol. The van der Waals surface area contributed by atoms with Crippen molar-refractivity contribution in [2.75, 3.05) is 6.54 Å². The minimum Gasteiger partial charge on any atom is -0.457 e. The fourth-order valence-corrected chi connectivity index (χ4v) is 3.31. The van der Waals surface area contributed by atoms with Crippen molar-refractivity contribution in [3.63, 3.8) is 0 Å². The minimum absolute atomic E-state index is 0.830. The van der Waals surface area contributed by atoms with Crippen LogP contribution in [0.1, 0.15) is 11.1 Å². The maximum absolute atomic E-state index is 5.92. The molecule has 0 aliphatic carbocycles. The standard InChI is InChI=1S/C25H23NO/c1-2-12-23(13-3-1)27-24-14-6-8-20(18-24)19-26-17-16-22-11-7-10-21-9-4-5-15-25(21)22/h1-15,18,26H,16-17,19H2. The number of hydrogen-bond donors (Lipinski definition) is 1. The van der Waals surface area contributed by atoms with Gasteiger partial charge in [0.15, 0.2) is 0 Å². The van der Waals surface area contributed by atoms with Crippen molar-refractivity contribution in [3.05, 3.63) is 108 Å². The molecule has 0 aliphatic heterocycles.